The maximum absolute atomic E-state index is 12.0. The Morgan fingerprint density at radius 2 is 2.11 bits per heavy atom. The summed E-state index contributed by atoms with van der Waals surface area (Å²) in [6, 6.07) is -0.678. The average Bonchev–Trinajstić information content (AvgIpc) is 2.66. The fourth-order valence-electron chi connectivity index (χ4n) is 2.09. The highest BCUT2D eigenvalue weighted by Crippen LogP contribution is 2.18. The molecule has 6 nitrogen and oxygen atoms in total. The molecular formula is C12H21N3O3. The number of amides is 3. The van der Waals surface area contributed by atoms with Crippen LogP contribution in [0.25, 0.3) is 0 Å². The molecule has 6 heteroatoms. The molecule has 0 saturated carbocycles. The first-order valence-corrected chi connectivity index (χ1v) is 6.24. The summed E-state index contributed by atoms with van der Waals surface area (Å²) in [5, 5.41) is 2.63. The quantitative estimate of drug-likeness (QED) is 0.692. The van der Waals surface area contributed by atoms with Crippen molar-refractivity contribution in [3.8, 4) is 0 Å². The van der Waals surface area contributed by atoms with Gasteiger partial charge in [-0.3, -0.25) is 14.4 Å². The van der Waals surface area contributed by atoms with Crippen molar-refractivity contribution in [2.24, 2.45) is 17.6 Å². The SMILES string of the molecule is CCN1C[C@H](C(=O)N[C@H](C(N)=O)C(C)C)CC1=O. The Kier molecular flexibility index (Phi) is 4.69. The molecule has 18 heavy (non-hydrogen) atoms. The number of likely N-dealkylation sites (tertiary alicyclic amines) is 1. The third kappa shape index (κ3) is 3.21. The Bertz CT molecular complexity index is 354. The molecule has 0 aromatic heterocycles. The molecule has 3 amide bonds. The van der Waals surface area contributed by atoms with Crippen LogP contribution in [0.15, 0.2) is 0 Å². The van der Waals surface area contributed by atoms with E-state index < -0.39 is 11.9 Å². The molecule has 1 heterocycles. The van der Waals surface area contributed by atoms with Crippen LogP contribution in [0.2, 0.25) is 0 Å². The summed E-state index contributed by atoms with van der Waals surface area (Å²) in [4.78, 5) is 36.3. The van der Waals surface area contributed by atoms with E-state index >= 15 is 0 Å². The summed E-state index contributed by atoms with van der Waals surface area (Å²) in [5.74, 6) is -1.27. The molecule has 0 aromatic carbocycles. The van der Waals surface area contributed by atoms with Gasteiger partial charge in [0.2, 0.25) is 17.7 Å². The van der Waals surface area contributed by atoms with Crippen LogP contribution >= 0.6 is 0 Å². The lowest BCUT2D eigenvalue weighted by Crippen LogP contribution is -2.49. The minimum Gasteiger partial charge on any atom is -0.368 e. The molecule has 102 valence electrons. The van der Waals surface area contributed by atoms with Gasteiger partial charge in [0.05, 0.1) is 5.92 Å². The van der Waals surface area contributed by atoms with Crippen LogP contribution in [0.3, 0.4) is 0 Å². The zero-order chi connectivity index (χ0) is 13.9. The predicted molar refractivity (Wildman–Crippen MR) is 66.3 cm³/mol. The van der Waals surface area contributed by atoms with Gasteiger partial charge in [-0.25, -0.2) is 0 Å². The first-order chi connectivity index (χ1) is 8.36. The second-order valence-corrected chi connectivity index (χ2v) is 4.97. The van der Waals surface area contributed by atoms with Gasteiger partial charge in [0.1, 0.15) is 6.04 Å². The van der Waals surface area contributed by atoms with Gasteiger partial charge < -0.3 is 16.0 Å². The van der Waals surface area contributed by atoms with Gasteiger partial charge in [-0.2, -0.15) is 0 Å². The second kappa shape index (κ2) is 5.84. The van der Waals surface area contributed by atoms with Crippen LogP contribution in [0.4, 0.5) is 0 Å². The van der Waals surface area contributed by atoms with Crippen LogP contribution in [0.1, 0.15) is 27.2 Å². The van der Waals surface area contributed by atoms with Crippen molar-refractivity contribution in [2.75, 3.05) is 13.1 Å². The minimum atomic E-state index is -0.678. The van der Waals surface area contributed by atoms with Crippen LogP contribution in [-0.2, 0) is 14.4 Å². The molecule has 0 unspecified atom stereocenters. The van der Waals surface area contributed by atoms with Crippen molar-refractivity contribution in [1.29, 1.82) is 0 Å². The fourth-order valence-corrected chi connectivity index (χ4v) is 2.09. The van der Waals surface area contributed by atoms with Crippen LogP contribution in [-0.4, -0.2) is 41.8 Å². The smallest absolute Gasteiger partial charge is 0.240 e. The Morgan fingerprint density at radius 1 is 1.50 bits per heavy atom. The lowest BCUT2D eigenvalue weighted by molar-refractivity contribution is -0.131. The Balaban J connectivity index is 2.61. The van der Waals surface area contributed by atoms with Crippen molar-refractivity contribution in [2.45, 2.75) is 33.2 Å². The molecule has 1 aliphatic heterocycles. The molecule has 0 aromatic rings. The van der Waals surface area contributed by atoms with Gasteiger partial charge in [0.15, 0.2) is 0 Å². The van der Waals surface area contributed by atoms with Crippen LogP contribution in [0.5, 0.6) is 0 Å². The van der Waals surface area contributed by atoms with Gasteiger partial charge in [0, 0.05) is 19.5 Å². The van der Waals surface area contributed by atoms with E-state index in [4.69, 9.17) is 5.73 Å². The van der Waals surface area contributed by atoms with Gasteiger partial charge in [0.25, 0.3) is 0 Å². The summed E-state index contributed by atoms with van der Waals surface area (Å²) < 4.78 is 0. The van der Waals surface area contributed by atoms with E-state index in [0.29, 0.717) is 13.1 Å². The Labute approximate surface area is 107 Å². The van der Waals surface area contributed by atoms with Crippen molar-refractivity contribution in [1.82, 2.24) is 10.2 Å². The van der Waals surface area contributed by atoms with Crippen molar-refractivity contribution >= 4 is 17.7 Å². The molecule has 0 spiro atoms. The Morgan fingerprint density at radius 3 is 2.50 bits per heavy atom. The molecule has 0 bridgehead atoms. The first-order valence-electron chi connectivity index (χ1n) is 6.24. The number of nitrogens with zero attached hydrogens (tertiary/aromatic N) is 1. The molecule has 2 atom stereocenters. The highest BCUT2D eigenvalue weighted by atomic mass is 16.2. The van der Waals surface area contributed by atoms with E-state index in [9.17, 15) is 14.4 Å². The molecule has 1 rings (SSSR count). The number of rotatable bonds is 5. The summed E-state index contributed by atoms with van der Waals surface area (Å²) in [7, 11) is 0. The lowest BCUT2D eigenvalue weighted by Gasteiger charge is -2.21. The van der Waals surface area contributed by atoms with E-state index in [0.717, 1.165) is 0 Å². The summed E-state index contributed by atoms with van der Waals surface area (Å²) >= 11 is 0. The highest BCUT2D eigenvalue weighted by molar-refractivity contribution is 5.92. The number of carbonyl (C=O) groups is 3. The van der Waals surface area contributed by atoms with Gasteiger partial charge in [-0.15, -0.1) is 0 Å². The predicted octanol–water partition coefficient (Wildman–Crippen LogP) is -0.519. The number of hydrogen-bond donors (Lipinski definition) is 2. The third-order valence-electron chi connectivity index (χ3n) is 3.24. The van der Waals surface area contributed by atoms with Crippen LogP contribution in [0, 0.1) is 11.8 Å². The van der Waals surface area contributed by atoms with E-state index in [1.165, 1.54) is 0 Å². The molecule has 3 N–H and O–H groups in total. The van der Waals surface area contributed by atoms with Crippen LogP contribution < -0.4 is 11.1 Å². The number of nitrogens with one attached hydrogen (secondary N) is 1. The average molecular weight is 255 g/mol. The normalized spacial score (nSPS) is 21.2. The van der Waals surface area contributed by atoms with Crippen molar-refractivity contribution in [3.05, 3.63) is 0 Å². The zero-order valence-corrected chi connectivity index (χ0v) is 11.1. The van der Waals surface area contributed by atoms with E-state index in [-0.39, 0.29) is 30.1 Å². The summed E-state index contributed by atoms with van der Waals surface area (Å²) in [5.41, 5.74) is 5.23. The largest absolute Gasteiger partial charge is 0.368 e. The van der Waals surface area contributed by atoms with Gasteiger partial charge in [-0.05, 0) is 12.8 Å². The number of hydrogen-bond acceptors (Lipinski definition) is 3. The molecule has 0 aliphatic carbocycles. The van der Waals surface area contributed by atoms with Crippen molar-refractivity contribution < 1.29 is 14.4 Å². The maximum atomic E-state index is 12.0. The van der Waals surface area contributed by atoms with E-state index in [1.54, 1.807) is 4.90 Å². The Hall–Kier alpha value is -1.59. The van der Waals surface area contributed by atoms with Gasteiger partial charge >= 0.3 is 0 Å². The molecule has 1 aliphatic rings. The number of primary amides is 1. The molecular weight excluding hydrogens is 234 g/mol. The standard InChI is InChI=1S/C12H21N3O3/c1-4-15-6-8(5-9(15)16)12(18)14-10(7(2)3)11(13)17/h7-8,10H,4-6H2,1-3H3,(H2,13,17)(H,14,18)/t8-,10+/m1/s1. The third-order valence-corrected chi connectivity index (χ3v) is 3.24. The van der Waals surface area contributed by atoms with E-state index in [2.05, 4.69) is 5.32 Å². The zero-order valence-electron chi connectivity index (χ0n) is 11.1. The topological polar surface area (TPSA) is 92.5 Å². The highest BCUT2D eigenvalue weighted by Gasteiger charge is 2.35. The first kappa shape index (κ1) is 14.5. The number of carbonyl (C=O) groups excluding carboxylic acids is 3. The number of nitrogens with two attached hydrogens (primary N) is 1. The lowest BCUT2D eigenvalue weighted by atomic mass is 10.0. The minimum absolute atomic E-state index is 0.0159. The fraction of sp³-hybridized carbons (Fsp3) is 0.750. The molecule has 1 saturated heterocycles. The van der Waals surface area contributed by atoms with Gasteiger partial charge in [-0.1, -0.05) is 13.8 Å². The van der Waals surface area contributed by atoms with E-state index in [1.807, 2.05) is 20.8 Å². The summed E-state index contributed by atoms with van der Waals surface area (Å²) in [6.07, 6.45) is 0.212. The maximum Gasteiger partial charge on any atom is 0.240 e. The molecule has 0 radical (unpaired) electrons. The van der Waals surface area contributed by atoms with Crippen molar-refractivity contribution in [3.63, 3.8) is 0 Å². The monoisotopic (exact) mass is 255 g/mol. The second-order valence-electron chi connectivity index (χ2n) is 4.97. The molecule has 1 fully saturated rings. The summed E-state index contributed by atoms with van der Waals surface area (Å²) in [6.45, 7) is 6.52.